The van der Waals surface area contributed by atoms with Crippen LogP contribution in [0, 0.1) is 17.7 Å². The maximum atomic E-state index is 12.9. The third-order valence-corrected chi connectivity index (χ3v) is 4.49. The number of benzene rings is 1. The molecule has 1 aromatic rings. The first-order valence-electron chi connectivity index (χ1n) is 7.77. The Hall–Kier alpha value is -0.930. The second-order valence-corrected chi connectivity index (χ2v) is 6.49. The lowest BCUT2D eigenvalue weighted by Gasteiger charge is -2.33. The molecule has 2 N–H and O–H groups in total. The molecule has 1 atom stereocenters. The predicted octanol–water partition coefficient (Wildman–Crippen LogP) is 3.41. The summed E-state index contributed by atoms with van der Waals surface area (Å²) in [6, 6.07) is 7.20. The molecular formula is C17H27FN2. The molecule has 0 radical (unpaired) electrons. The van der Waals surface area contributed by atoms with Crippen molar-refractivity contribution < 1.29 is 4.39 Å². The fourth-order valence-corrected chi connectivity index (χ4v) is 2.89. The van der Waals surface area contributed by atoms with E-state index in [4.69, 9.17) is 5.73 Å². The van der Waals surface area contributed by atoms with E-state index in [0.29, 0.717) is 12.0 Å². The van der Waals surface area contributed by atoms with Gasteiger partial charge in [-0.1, -0.05) is 26.0 Å². The summed E-state index contributed by atoms with van der Waals surface area (Å²) >= 11 is 0. The van der Waals surface area contributed by atoms with Gasteiger partial charge in [0.05, 0.1) is 0 Å². The standard InChI is InChI=1S/C17H27FN2/c1-13(2)17(19)11-14-7-9-20(10-8-14)12-15-3-5-16(18)6-4-15/h3-6,13-14,17H,7-12,19H2,1-2H3. The number of likely N-dealkylation sites (tertiary alicyclic amines) is 1. The molecule has 1 aliphatic rings. The molecule has 2 rings (SSSR count). The van der Waals surface area contributed by atoms with Gasteiger partial charge < -0.3 is 5.73 Å². The minimum absolute atomic E-state index is 0.157. The Morgan fingerprint density at radius 3 is 2.35 bits per heavy atom. The zero-order valence-corrected chi connectivity index (χ0v) is 12.7. The second-order valence-electron chi connectivity index (χ2n) is 6.49. The predicted molar refractivity (Wildman–Crippen MR) is 81.8 cm³/mol. The maximum absolute atomic E-state index is 12.9. The molecule has 2 nitrogen and oxygen atoms in total. The van der Waals surface area contributed by atoms with E-state index in [1.165, 1.54) is 18.4 Å². The fraction of sp³-hybridized carbons (Fsp3) is 0.647. The largest absolute Gasteiger partial charge is 0.327 e. The van der Waals surface area contributed by atoms with Gasteiger partial charge in [-0.15, -0.1) is 0 Å². The van der Waals surface area contributed by atoms with Gasteiger partial charge in [-0.2, -0.15) is 0 Å². The Labute approximate surface area is 122 Å². The molecule has 1 aromatic carbocycles. The fourth-order valence-electron chi connectivity index (χ4n) is 2.89. The van der Waals surface area contributed by atoms with Crippen LogP contribution in [0.3, 0.4) is 0 Å². The molecule has 1 saturated heterocycles. The Balaban J connectivity index is 1.75. The van der Waals surface area contributed by atoms with Crippen molar-refractivity contribution in [3.63, 3.8) is 0 Å². The van der Waals surface area contributed by atoms with Crippen LogP contribution in [-0.2, 0) is 6.54 Å². The van der Waals surface area contributed by atoms with Crippen molar-refractivity contribution in [2.75, 3.05) is 13.1 Å². The summed E-state index contributed by atoms with van der Waals surface area (Å²) < 4.78 is 12.9. The highest BCUT2D eigenvalue weighted by atomic mass is 19.1. The van der Waals surface area contributed by atoms with E-state index in [1.807, 2.05) is 12.1 Å². The van der Waals surface area contributed by atoms with E-state index < -0.39 is 0 Å². The number of hydrogen-bond acceptors (Lipinski definition) is 2. The molecule has 112 valence electrons. The van der Waals surface area contributed by atoms with Gasteiger partial charge in [0.2, 0.25) is 0 Å². The van der Waals surface area contributed by atoms with Crippen molar-refractivity contribution >= 4 is 0 Å². The van der Waals surface area contributed by atoms with E-state index in [9.17, 15) is 4.39 Å². The van der Waals surface area contributed by atoms with Crippen molar-refractivity contribution in [3.05, 3.63) is 35.6 Å². The third-order valence-electron chi connectivity index (χ3n) is 4.49. The molecule has 0 aromatic heterocycles. The lowest BCUT2D eigenvalue weighted by atomic mass is 9.87. The van der Waals surface area contributed by atoms with Crippen LogP contribution in [0.15, 0.2) is 24.3 Å². The third kappa shape index (κ3) is 4.57. The molecule has 1 fully saturated rings. The van der Waals surface area contributed by atoms with E-state index >= 15 is 0 Å². The van der Waals surface area contributed by atoms with Gasteiger partial charge in [0.1, 0.15) is 5.82 Å². The van der Waals surface area contributed by atoms with Crippen molar-refractivity contribution in [1.82, 2.24) is 4.90 Å². The van der Waals surface area contributed by atoms with Gasteiger partial charge in [-0.25, -0.2) is 4.39 Å². The number of rotatable bonds is 5. The van der Waals surface area contributed by atoms with Crippen LogP contribution in [0.2, 0.25) is 0 Å². The summed E-state index contributed by atoms with van der Waals surface area (Å²) in [6.45, 7) is 7.60. The molecule has 1 unspecified atom stereocenters. The number of nitrogens with zero attached hydrogens (tertiary/aromatic N) is 1. The minimum atomic E-state index is -0.157. The molecule has 0 aliphatic carbocycles. The lowest BCUT2D eigenvalue weighted by Crippen LogP contribution is -2.36. The first kappa shape index (κ1) is 15.5. The number of hydrogen-bond donors (Lipinski definition) is 1. The molecular weight excluding hydrogens is 251 g/mol. The topological polar surface area (TPSA) is 29.3 Å². The summed E-state index contributed by atoms with van der Waals surface area (Å²) in [7, 11) is 0. The van der Waals surface area contributed by atoms with E-state index in [2.05, 4.69) is 18.7 Å². The zero-order chi connectivity index (χ0) is 14.5. The smallest absolute Gasteiger partial charge is 0.123 e. The number of nitrogens with two attached hydrogens (primary N) is 1. The van der Waals surface area contributed by atoms with Crippen molar-refractivity contribution in [1.29, 1.82) is 0 Å². The molecule has 1 aliphatic heterocycles. The van der Waals surface area contributed by atoms with Gasteiger partial charge >= 0.3 is 0 Å². The van der Waals surface area contributed by atoms with E-state index in [0.717, 1.165) is 32.0 Å². The Bertz CT molecular complexity index is 394. The summed E-state index contributed by atoms with van der Waals surface area (Å²) in [4.78, 5) is 2.46. The highest BCUT2D eigenvalue weighted by Crippen LogP contribution is 2.24. The summed E-state index contributed by atoms with van der Waals surface area (Å²) in [5.41, 5.74) is 7.37. The highest BCUT2D eigenvalue weighted by molar-refractivity contribution is 5.15. The molecule has 0 bridgehead atoms. The Morgan fingerprint density at radius 1 is 1.20 bits per heavy atom. The first-order chi connectivity index (χ1) is 9.54. The molecule has 3 heteroatoms. The second kappa shape index (κ2) is 7.19. The van der Waals surface area contributed by atoms with Crippen LogP contribution in [0.4, 0.5) is 4.39 Å². The van der Waals surface area contributed by atoms with Crippen LogP contribution in [0.5, 0.6) is 0 Å². The van der Waals surface area contributed by atoms with Gasteiger partial charge in [-0.3, -0.25) is 4.90 Å². The minimum Gasteiger partial charge on any atom is -0.327 e. The quantitative estimate of drug-likeness (QED) is 0.894. The van der Waals surface area contributed by atoms with Gasteiger partial charge in [0.25, 0.3) is 0 Å². The molecule has 1 heterocycles. The van der Waals surface area contributed by atoms with Crippen molar-refractivity contribution in [2.24, 2.45) is 17.6 Å². The lowest BCUT2D eigenvalue weighted by molar-refractivity contribution is 0.163. The summed E-state index contributed by atoms with van der Waals surface area (Å²) in [5.74, 6) is 1.19. The average Bonchev–Trinajstić information content (AvgIpc) is 2.43. The average molecular weight is 278 g/mol. The number of halogens is 1. The van der Waals surface area contributed by atoms with Crippen molar-refractivity contribution in [2.45, 2.75) is 45.7 Å². The van der Waals surface area contributed by atoms with Crippen LogP contribution >= 0.6 is 0 Å². The molecule has 0 saturated carbocycles. The Morgan fingerprint density at radius 2 is 1.80 bits per heavy atom. The summed E-state index contributed by atoms with van der Waals surface area (Å²) in [5, 5.41) is 0. The number of piperidine rings is 1. The zero-order valence-electron chi connectivity index (χ0n) is 12.7. The maximum Gasteiger partial charge on any atom is 0.123 e. The molecule has 0 amide bonds. The first-order valence-corrected chi connectivity index (χ1v) is 7.77. The van der Waals surface area contributed by atoms with Crippen LogP contribution in [0.1, 0.15) is 38.7 Å². The van der Waals surface area contributed by atoms with Gasteiger partial charge in [-0.05, 0) is 61.9 Å². The molecule has 0 spiro atoms. The van der Waals surface area contributed by atoms with Crippen molar-refractivity contribution in [3.8, 4) is 0 Å². The van der Waals surface area contributed by atoms with Crippen LogP contribution in [0.25, 0.3) is 0 Å². The molecule has 20 heavy (non-hydrogen) atoms. The summed E-state index contributed by atoms with van der Waals surface area (Å²) in [6.07, 6.45) is 3.63. The van der Waals surface area contributed by atoms with Crippen LogP contribution < -0.4 is 5.73 Å². The highest BCUT2D eigenvalue weighted by Gasteiger charge is 2.22. The van der Waals surface area contributed by atoms with Crippen LogP contribution in [-0.4, -0.2) is 24.0 Å². The van der Waals surface area contributed by atoms with Gasteiger partial charge in [0.15, 0.2) is 0 Å². The normalized spacial score (nSPS) is 19.4. The van der Waals surface area contributed by atoms with E-state index in [1.54, 1.807) is 12.1 Å². The van der Waals surface area contributed by atoms with E-state index in [-0.39, 0.29) is 5.82 Å². The van der Waals surface area contributed by atoms with Gasteiger partial charge in [0, 0.05) is 12.6 Å². The Kier molecular flexibility index (Phi) is 5.55. The monoisotopic (exact) mass is 278 g/mol. The SMILES string of the molecule is CC(C)C(N)CC1CCN(Cc2ccc(F)cc2)CC1.